The van der Waals surface area contributed by atoms with Gasteiger partial charge in [-0.25, -0.2) is 9.78 Å². The molecule has 8 heteroatoms. The molecular formula is C9H10N4O3S. The number of ether oxygens (including phenoxy) is 1. The van der Waals surface area contributed by atoms with Gasteiger partial charge in [0.05, 0.1) is 6.61 Å². The van der Waals surface area contributed by atoms with Crippen molar-refractivity contribution in [1.82, 2.24) is 20.2 Å². The van der Waals surface area contributed by atoms with Gasteiger partial charge in [-0.1, -0.05) is 0 Å². The molecule has 0 aliphatic rings. The Hall–Kier alpha value is -1.83. The van der Waals surface area contributed by atoms with Gasteiger partial charge in [0.15, 0.2) is 5.69 Å². The minimum atomic E-state index is -0.505. The van der Waals surface area contributed by atoms with E-state index in [1.54, 1.807) is 13.8 Å². The Morgan fingerprint density at radius 3 is 3.06 bits per heavy atom. The maximum atomic E-state index is 11.3. The van der Waals surface area contributed by atoms with Crippen LogP contribution in [0.1, 0.15) is 23.2 Å². The van der Waals surface area contributed by atoms with Crippen molar-refractivity contribution < 1.29 is 13.9 Å². The number of aromatic amines is 1. The van der Waals surface area contributed by atoms with Crippen LogP contribution in [0, 0.1) is 6.92 Å². The highest BCUT2D eigenvalue weighted by molar-refractivity contribution is 7.98. The molecule has 0 unspecified atom stereocenters. The number of rotatable bonds is 4. The van der Waals surface area contributed by atoms with E-state index in [1.807, 2.05) is 0 Å². The molecule has 0 spiro atoms. The monoisotopic (exact) mass is 254 g/mol. The van der Waals surface area contributed by atoms with Gasteiger partial charge in [0, 0.05) is 11.8 Å². The van der Waals surface area contributed by atoms with Crippen LogP contribution >= 0.6 is 11.8 Å². The fourth-order valence-corrected chi connectivity index (χ4v) is 1.72. The standard InChI is InChI=1S/C9H10N4O3S/c1-3-15-7(14)6-4-16-9(11-6)17-8-10-5(2)12-13-8/h4H,3H2,1-2H3,(H,10,12,13). The Kier molecular flexibility index (Phi) is 3.43. The number of esters is 1. The Bertz CT molecular complexity index is 522. The second-order valence-electron chi connectivity index (χ2n) is 3.02. The van der Waals surface area contributed by atoms with Crippen LogP contribution in [0.4, 0.5) is 0 Å². The highest BCUT2D eigenvalue weighted by atomic mass is 32.2. The molecule has 2 aromatic rings. The van der Waals surface area contributed by atoms with Gasteiger partial charge in [-0.2, -0.15) is 4.98 Å². The van der Waals surface area contributed by atoms with Crippen molar-refractivity contribution in [2.75, 3.05) is 6.61 Å². The molecule has 0 atom stereocenters. The van der Waals surface area contributed by atoms with Crippen molar-refractivity contribution in [2.24, 2.45) is 0 Å². The number of carbonyl (C=O) groups excluding carboxylic acids is 1. The van der Waals surface area contributed by atoms with Gasteiger partial charge in [0.1, 0.15) is 12.1 Å². The van der Waals surface area contributed by atoms with Crippen LogP contribution in [0.25, 0.3) is 0 Å². The lowest BCUT2D eigenvalue weighted by Gasteiger charge is -1.94. The van der Waals surface area contributed by atoms with Crippen LogP contribution in [-0.4, -0.2) is 32.7 Å². The third-order valence-electron chi connectivity index (χ3n) is 1.72. The second kappa shape index (κ2) is 5.00. The lowest BCUT2D eigenvalue weighted by molar-refractivity contribution is 0.0519. The van der Waals surface area contributed by atoms with Crippen LogP contribution in [0.3, 0.4) is 0 Å². The quantitative estimate of drug-likeness (QED) is 0.824. The summed E-state index contributed by atoms with van der Waals surface area (Å²) in [7, 11) is 0. The number of nitrogens with one attached hydrogen (secondary N) is 1. The molecule has 0 fully saturated rings. The highest BCUT2D eigenvalue weighted by Gasteiger charge is 2.15. The molecule has 2 heterocycles. The minimum absolute atomic E-state index is 0.140. The molecular weight excluding hydrogens is 244 g/mol. The topological polar surface area (TPSA) is 93.9 Å². The zero-order valence-corrected chi connectivity index (χ0v) is 10.1. The molecule has 1 N–H and O–H groups in total. The summed E-state index contributed by atoms with van der Waals surface area (Å²) in [6, 6.07) is 0. The summed E-state index contributed by atoms with van der Waals surface area (Å²) in [6.07, 6.45) is 1.25. The largest absolute Gasteiger partial charge is 0.461 e. The normalized spacial score (nSPS) is 10.5. The zero-order chi connectivity index (χ0) is 12.3. The molecule has 7 nitrogen and oxygen atoms in total. The number of oxazole rings is 1. The van der Waals surface area contributed by atoms with E-state index in [9.17, 15) is 4.79 Å². The Labute approximate surface area is 101 Å². The SMILES string of the molecule is CCOC(=O)c1coc(Sc2n[nH]c(C)n2)n1. The van der Waals surface area contributed by atoms with Crippen LogP contribution in [-0.2, 0) is 4.74 Å². The minimum Gasteiger partial charge on any atom is -0.461 e. The van der Waals surface area contributed by atoms with Crippen LogP contribution in [0.5, 0.6) is 0 Å². The lowest BCUT2D eigenvalue weighted by atomic mass is 10.5. The van der Waals surface area contributed by atoms with Gasteiger partial charge in [-0.15, -0.1) is 5.10 Å². The van der Waals surface area contributed by atoms with Crippen molar-refractivity contribution in [3.05, 3.63) is 17.8 Å². The summed E-state index contributed by atoms with van der Waals surface area (Å²) >= 11 is 1.13. The van der Waals surface area contributed by atoms with Crippen molar-refractivity contribution in [1.29, 1.82) is 0 Å². The summed E-state index contributed by atoms with van der Waals surface area (Å²) in [5, 5.41) is 7.39. The lowest BCUT2D eigenvalue weighted by Crippen LogP contribution is -2.04. The molecule has 17 heavy (non-hydrogen) atoms. The van der Waals surface area contributed by atoms with Crippen LogP contribution < -0.4 is 0 Å². The van der Waals surface area contributed by atoms with Gasteiger partial charge < -0.3 is 9.15 Å². The van der Waals surface area contributed by atoms with Crippen molar-refractivity contribution in [3.63, 3.8) is 0 Å². The first-order valence-electron chi connectivity index (χ1n) is 4.88. The van der Waals surface area contributed by atoms with E-state index in [4.69, 9.17) is 9.15 Å². The highest BCUT2D eigenvalue weighted by Crippen LogP contribution is 2.23. The summed E-state index contributed by atoms with van der Waals surface area (Å²) in [5.41, 5.74) is 0.140. The molecule has 0 saturated carbocycles. The van der Waals surface area contributed by atoms with E-state index in [1.165, 1.54) is 6.26 Å². The maximum absolute atomic E-state index is 11.3. The number of hydrogen-bond acceptors (Lipinski definition) is 7. The number of nitrogens with zero attached hydrogens (tertiary/aromatic N) is 3. The molecule has 0 aliphatic heterocycles. The van der Waals surface area contributed by atoms with Gasteiger partial charge in [0.2, 0.25) is 5.16 Å². The molecule has 0 saturated heterocycles. The molecule has 0 aliphatic carbocycles. The van der Waals surface area contributed by atoms with Gasteiger partial charge in [0.25, 0.3) is 5.22 Å². The first-order valence-corrected chi connectivity index (χ1v) is 5.70. The molecule has 90 valence electrons. The smallest absolute Gasteiger partial charge is 0.360 e. The van der Waals surface area contributed by atoms with Crippen LogP contribution in [0.2, 0.25) is 0 Å². The predicted octanol–water partition coefficient (Wildman–Crippen LogP) is 1.43. The summed E-state index contributed by atoms with van der Waals surface area (Å²) in [4.78, 5) is 19.4. The molecule has 0 bridgehead atoms. The fourth-order valence-electron chi connectivity index (χ4n) is 1.05. The average molecular weight is 254 g/mol. The summed E-state index contributed by atoms with van der Waals surface area (Å²) in [5.74, 6) is 0.193. The third kappa shape index (κ3) is 2.84. The first-order chi connectivity index (χ1) is 8.19. The average Bonchev–Trinajstić information content (AvgIpc) is 2.89. The second-order valence-corrected chi connectivity index (χ2v) is 3.94. The van der Waals surface area contributed by atoms with Gasteiger partial charge in [-0.3, -0.25) is 5.10 Å². The van der Waals surface area contributed by atoms with Crippen molar-refractivity contribution in [3.8, 4) is 0 Å². The van der Waals surface area contributed by atoms with Gasteiger partial charge in [-0.05, 0) is 13.8 Å². The Morgan fingerprint density at radius 1 is 1.59 bits per heavy atom. The van der Waals surface area contributed by atoms with E-state index in [-0.39, 0.29) is 5.69 Å². The number of aromatic nitrogens is 4. The molecule has 0 amide bonds. The zero-order valence-electron chi connectivity index (χ0n) is 9.26. The number of carbonyl (C=O) groups is 1. The molecule has 2 rings (SSSR count). The van der Waals surface area contributed by atoms with Crippen molar-refractivity contribution in [2.45, 2.75) is 24.2 Å². The number of aryl methyl sites for hydroxylation is 1. The van der Waals surface area contributed by atoms with Crippen molar-refractivity contribution >= 4 is 17.7 Å². The molecule has 2 aromatic heterocycles. The first kappa shape index (κ1) is 11.6. The van der Waals surface area contributed by atoms with E-state index >= 15 is 0 Å². The Morgan fingerprint density at radius 2 is 2.41 bits per heavy atom. The summed E-state index contributed by atoms with van der Waals surface area (Å²) in [6.45, 7) is 3.81. The third-order valence-corrected chi connectivity index (χ3v) is 2.45. The number of hydrogen-bond donors (Lipinski definition) is 1. The van der Waals surface area contributed by atoms with Gasteiger partial charge >= 0.3 is 5.97 Å². The molecule has 0 aromatic carbocycles. The van der Waals surface area contributed by atoms with Crippen LogP contribution in [0.15, 0.2) is 21.1 Å². The predicted molar refractivity (Wildman–Crippen MR) is 57.7 cm³/mol. The van der Waals surface area contributed by atoms with E-state index < -0.39 is 5.97 Å². The van der Waals surface area contributed by atoms with E-state index in [0.717, 1.165) is 11.8 Å². The fraction of sp³-hybridized carbons (Fsp3) is 0.333. The number of H-pyrrole nitrogens is 1. The summed E-state index contributed by atoms with van der Waals surface area (Å²) < 4.78 is 9.89. The van der Waals surface area contributed by atoms with E-state index in [2.05, 4.69) is 20.2 Å². The maximum Gasteiger partial charge on any atom is 0.360 e. The Balaban J connectivity index is 2.06. The molecule has 0 radical (unpaired) electrons. The van der Waals surface area contributed by atoms with E-state index in [0.29, 0.717) is 22.8 Å².